The van der Waals surface area contributed by atoms with Gasteiger partial charge in [0, 0.05) is 5.38 Å². The number of halogens is 1. The van der Waals surface area contributed by atoms with Crippen LogP contribution < -0.4 is 5.32 Å². The monoisotopic (exact) mass is 332 g/mol. The number of carboxylic acids is 1. The Balaban J connectivity index is 2.29. The number of rotatable bonds is 4. The van der Waals surface area contributed by atoms with Gasteiger partial charge < -0.3 is 10.4 Å². The molecule has 2 aromatic heterocycles. The van der Waals surface area contributed by atoms with Gasteiger partial charge in [0.2, 0.25) is 0 Å². The first kappa shape index (κ1) is 12.7. The highest BCUT2D eigenvalue weighted by Crippen LogP contribution is 2.33. The van der Waals surface area contributed by atoms with Gasteiger partial charge in [-0.2, -0.15) is 0 Å². The predicted molar refractivity (Wildman–Crippen MR) is 72.6 cm³/mol. The highest BCUT2D eigenvalue weighted by molar-refractivity contribution is 9.11. The van der Waals surface area contributed by atoms with Crippen LogP contribution in [0, 0.1) is 0 Å². The Bertz CT molecular complexity index is 538. The predicted octanol–water partition coefficient (Wildman–Crippen LogP) is 2.98. The van der Waals surface area contributed by atoms with E-state index in [0.29, 0.717) is 5.01 Å². The number of aliphatic carboxylic acids is 1. The Hall–Kier alpha value is -0.760. The number of aromatic nitrogens is 1. The number of hydrogen-bond donors (Lipinski definition) is 2. The summed E-state index contributed by atoms with van der Waals surface area (Å²) in [7, 11) is 1.61. The molecule has 0 aromatic carbocycles. The first-order valence-electron chi connectivity index (χ1n) is 4.73. The molecule has 0 amide bonds. The molecule has 0 fully saturated rings. The van der Waals surface area contributed by atoms with Gasteiger partial charge in [-0.1, -0.05) is 0 Å². The van der Waals surface area contributed by atoms with Crippen molar-refractivity contribution in [1.29, 1.82) is 0 Å². The van der Waals surface area contributed by atoms with Crippen molar-refractivity contribution in [3.8, 4) is 10.6 Å². The van der Waals surface area contributed by atoms with Crippen molar-refractivity contribution in [3.05, 3.63) is 26.3 Å². The minimum atomic E-state index is -0.916. The SMILES string of the molecule is CNC(C(=O)O)c1nc(-c2ccc(Br)s2)cs1. The second-order valence-corrected chi connectivity index (χ2v) is 6.59. The number of hydrogen-bond acceptors (Lipinski definition) is 5. The summed E-state index contributed by atoms with van der Waals surface area (Å²) in [6, 6.07) is 3.17. The topological polar surface area (TPSA) is 62.2 Å². The van der Waals surface area contributed by atoms with E-state index in [2.05, 4.69) is 26.2 Å². The number of thiophene rings is 1. The number of carboxylic acid groups (broad SMARTS) is 1. The Morgan fingerprint density at radius 1 is 1.59 bits per heavy atom. The lowest BCUT2D eigenvalue weighted by atomic mass is 10.3. The summed E-state index contributed by atoms with van der Waals surface area (Å²) in [6.07, 6.45) is 0. The maximum absolute atomic E-state index is 11.0. The van der Waals surface area contributed by atoms with Crippen LogP contribution in [0.15, 0.2) is 21.3 Å². The quantitative estimate of drug-likeness (QED) is 0.903. The highest BCUT2D eigenvalue weighted by atomic mass is 79.9. The van der Waals surface area contributed by atoms with Crippen molar-refractivity contribution in [2.24, 2.45) is 0 Å². The molecular weight excluding hydrogens is 324 g/mol. The third-order valence-electron chi connectivity index (χ3n) is 2.13. The van der Waals surface area contributed by atoms with Gasteiger partial charge >= 0.3 is 5.97 Å². The molecule has 17 heavy (non-hydrogen) atoms. The summed E-state index contributed by atoms with van der Waals surface area (Å²) in [5, 5.41) is 14.2. The minimum absolute atomic E-state index is 0.569. The molecule has 1 atom stereocenters. The van der Waals surface area contributed by atoms with Crippen LogP contribution in [0.25, 0.3) is 10.6 Å². The van der Waals surface area contributed by atoms with Crippen molar-refractivity contribution < 1.29 is 9.90 Å². The third kappa shape index (κ3) is 2.74. The molecule has 0 spiro atoms. The van der Waals surface area contributed by atoms with Crippen molar-refractivity contribution in [1.82, 2.24) is 10.3 Å². The van der Waals surface area contributed by atoms with Crippen LogP contribution in [0.4, 0.5) is 0 Å². The molecule has 7 heteroatoms. The zero-order valence-corrected chi connectivity index (χ0v) is 12.0. The summed E-state index contributed by atoms with van der Waals surface area (Å²) in [4.78, 5) is 16.4. The van der Waals surface area contributed by atoms with E-state index in [-0.39, 0.29) is 0 Å². The van der Waals surface area contributed by atoms with Crippen LogP contribution in [0.3, 0.4) is 0 Å². The summed E-state index contributed by atoms with van der Waals surface area (Å²) in [6.45, 7) is 0. The molecule has 0 radical (unpaired) electrons. The van der Waals surface area contributed by atoms with Crippen LogP contribution in [0.1, 0.15) is 11.0 Å². The van der Waals surface area contributed by atoms with E-state index >= 15 is 0 Å². The van der Waals surface area contributed by atoms with Gasteiger partial charge in [-0.15, -0.1) is 22.7 Å². The van der Waals surface area contributed by atoms with Crippen LogP contribution in [-0.2, 0) is 4.79 Å². The lowest BCUT2D eigenvalue weighted by Gasteiger charge is -2.06. The fourth-order valence-electron chi connectivity index (χ4n) is 1.34. The van der Waals surface area contributed by atoms with E-state index < -0.39 is 12.0 Å². The maximum atomic E-state index is 11.0. The molecule has 2 rings (SSSR count). The summed E-state index contributed by atoms with van der Waals surface area (Å²) < 4.78 is 1.03. The standard InChI is InChI=1S/C10H9BrN2O2S2/c1-12-8(10(14)15)9-13-5(4-16-9)6-2-3-7(11)17-6/h2-4,8,12H,1H3,(H,14,15). The van der Waals surface area contributed by atoms with Crippen molar-refractivity contribution in [3.63, 3.8) is 0 Å². The molecule has 0 aliphatic heterocycles. The fourth-order valence-corrected chi connectivity index (χ4v) is 3.68. The van der Waals surface area contributed by atoms with Gasteiger partial charge in [-0.25, -0.2) is 4.98 Å². The number of nitrogens with one attached hydrogen (secondary N) is 1. The van der Waals surface area contributed by atoms with Gasteiger partial charge in [0.25, 0.3) is 0 Å². The van der Waals surface area contributed by atoms with Gasteiger partial charge in [0.1, 0.15) is 5.01 Å². The molecule has 2 N–H and O–H groups in total. The molecule has 0 aliphatic carbocycles. The van der Waals surface area contributed by atoms with Gasteiger partial charge in [0.15, 0.2) is 6.04 Å². The molecule has 0 saturated heterocycles. The second-order valence-electron chi connectivity index (χ2n) is 3.23. The van der Waals surface area contributed by atoms with Crippen LogP contribution >= 0.6 is 38.6 Å². The van der Waals surface area contributed by atoms with E-state index in [4.69, 9.17) is 5.11 Å². The Labute approximate surface area is 114 Å². The first-order valence-corrected chi connectivity index (χ1v) is 7.22. The third-order valence-corrected chi connectivity index (χ3v) is 4.69. The average Bonchev–Trinajstić information content (AvgIpc) is 2.87. The molecule has 0 saturated carbocycles. The van der Waals surface area contributed by atoms with Gasteiger partial charge in [-0.05, 0) is 35.1 Å². The molecule has 4 nitrogen and oxygen atoms in total. The Morgan fingerprint density at radius 3 is 2.88 bits per heavy atom. The van der Waals surface area contributed by atoms with Crippen LogP contribution in [-0.4, -0.2) is 23.1 Å². The lowest BCUT2D eigenvalue weighted by Crippen LogP contribution is -2.24. The zero-order chi connectivity index (χ0) is 12.4. The van der Waals surface area contributed by atoms with Crippen LogP contribution in [0.5, 0.6) is 0 Å². The summed E-state index contributed by atoms with van der Waals surface area (Å²) in [5.74, 6) is -0.916. The van der Waals surface area contributed by atoms with Crippen molar-refractivity contribution >= 4 is 44.6 Å². The normalized spacial score (nSPS) is 12.6. The van der Waals surface area contributed by atoms with Crippen molar-refractivity contribution in [2.45, 2.75) is 6.04 Å². The number of nitrogens with zero attached hydrogens (tertiary/aromatic N) is 1. The Kier molecular flexibility index (Phi) is 3.93. The second kappa shape index (κ2) is 5.26. The molecule has 0 bridgehead atoms. The largest absolute Gasteiger partial charge is 0.480 e. The molecule has 90 valence electrons. The van der Waals surface area contributed by atoms with Gasteiger partial charge in [0.05, 0.1) is 14.4 Å². The minimum Gasteiger partial charge on any atom is -0.480 e. The van der Waals surface area contributed by atoms with E-state index in [0.717, 1.165) is 14.4 Å². The van der Waals surface area contributed by atoms with E-state index in [1.165, 1.54) is 11.3 Å². The van der Waals surface area contributed by atoms with Crippen LogP contribution in [0.2, 0.25) is 0 Å². The average molecular weight is 333 g/mol. The zero-order valence-electron chi connectivity index (χ0n) is 8.81. The molecule has 2 heterocycles. The molecule has 2 aromatic rings. The summed E-state index contributed by atoms with van der Waals surface area (Å²) >= 11 is 6.32. The Morgan fingerprint density at radius 2 is 2.35 bits per heavy atom. The van der Waals surface area contributed by atoms with E-state index in [1.807, 2.05) is 17.5 Å². The maximum Gasteiger partial charge on any atom is 0.327 e. The number of likely N-dealkylation sites (N-methyl/N-ethyl adjacent to an activating group) is 1. The summed E-state index contributed by atoms with van der Waals surface area (Å²) in [5.41, 5.74) is 0.821. The smallest absolute Gasteiger partial charge is 0.327 e. The van der Waals surface area contributed by atoms with Crippen molar-refractivity contribution in [2.75, 3.05) is 7.05 Å². The molecule has 1 unspecified atom stereocenters. The van der Waals surface area contributed by atoms with Gasteiger partial charge in [-0.3, -0.25) is 4.79 Å². The lowest BCUT2D eigenvalue weighted by molar-refractivity contribution is -0.139. The molecule has 0 aliphatic rings. The van der Waals surface area contributed by atoms with E-state index in [9.17, 15) is 4.79 Å². The highest BCUT2D eigenvalue weighted by Gasteiger charge is 2.21. The number of thiazole rings is 1. The first-order chi connectivity index (χ1) is 8.11. The number of carbonyl (C=O) groups is 1. The fraction of sp³-hybridized carbons (Fsp3) is 0.200. The van der Waals surface area contributed by atoms with E-state index in [1.54, 1.807) is 18.4 Å². The molecular formula is C10H9BrN2O2S2.